The fourth-order valence-electron chi connectivity index (χ4n) is 0.714. The number of hydrogen-bond acceptors (Lipinski definition) is 1. The fraction of sp³-hybridized carbons (Fsp3) is 0.667. The van der Waals surface area contributed by atoms with Crippen LogP contribution in [0.2, 0.25) is 0 Å². The van der Waals surface area contributed by atoms with Crippen LogP contribution in [-0.4, -0.2) is 11.1 Å². The van der Waals surface area contributed by atoms with E-state index >= 15 is 0 Å². The predicted molar refractivity (Wildman–Crippen MR) is 45.4 cm³/mol. The lowest BCUT2D eigenvalue weighted by molar-refractivity contribution is -0.150. The highest BCUT2D eigenvalue weighted by molar-refractivity contribution is 5.77. The molecule has 0 fully saturated rings. The Morgan fingerprint density at radius 2 is 1.73 bits per heavy atom. The normalized spacial score (nSPS) is 17.1. The van der Waals surface area contributed by atoms with E-state index in [4.69, 9.17) is 5.11 Å². The summed E-state index contributed by atoms with van der Waals surface area (Å²) in [6.07, 6.45) is 1.50. The summed E-state index contributed by atoms with van der Waals surface area (Å²) >= 11 is 0. The molecular weight excluding hydrogens is 140 g/mol. The van der Waals surface area contributed by atoms with Gasteiger partial charge in [0.1, 0.15) is 0 Å². The van der Waals surface area contributed by atoms with Crippen LogP contribution in [0, 0.1) is 10.8 Å². The molecule has 1 N–H and O–H groups in total. The number of carboxylic acids is 1. The van der Waals surface area contributed by atoms with Gasteiger partial charge in [-0.2, -0.15) is 0 Å². The van der Waals surface area contributed by atoms with Crippen LogP contribution < -0.4 is 0 Å². The van der Waals surface area contributed by atoms with Crippen LogP contribution in [0.15, 0.2) is 12.7 Å². The van der Waals surface area contributed by atoms with Crippen molar-refractivity contribution in [3.8, 4) is 0 Å². The van der Waals surface area contributed by atoms with E-state index in [0.29, 0.717) is 0 Å². The number of rotatable bonds is 2. The minimum Gasteiger partial charge on any atom is -0.481 e. The van der Waals surface area contributed by atoms with Crippen LogP contribution in [0.3, 0.4) is 0 Å². The number of carbonyl (C=O) groups is 1. The Labute approximate surface area is 67.9 Å². The second-order valence-electron chi connectivity index (χ2n) is 3.96. The van der Waals surface area contributed by atoms with Crippen molar-refractivity contribution in [2.75, 3.05) is 0 Å². The average molecular weight is 156 g/mol. The molecule has 0 aromatic carbocycles. The van der Waals surface area contributed by atoms with Gasteiger partial charge in [-0.1, -0.05) is 26.8 Å². The summed E-state index contributed by atoms with van der Waals surface area (Å²) in [5, 5.41) is 8.90. The Morgan fingerprint density at radius 3 is 1.73 bits per heavy atom. The largest absolute Gasteiger partial charge is 0.481 e. The summed E-state index contributed by atoms with van der Waals surface area (Å²) in [7, 11) is 0. The van der Waals surface area contributed by atoms with Gasteiger partial charge < -0.3 is 5.11 Å². The second-order valence-corrected chi connectivity index (χ2v) is 3.96. The molecule has 0 radical (unpaired) electrons. The molecule has 0 saturated heterocycles. The average Bonchev–Trinajstić information content (AvgIpc) is 1.83. The molecule has 0 bridgehead atoms. The van der Waals surface area contributed by atoms with Crippen LogP contribution in [0.25, 0.3) is 0 Å². The van der Waals surface area contributed by atoms with E-state index in [-0.39, 0.29) is 5.41 Å². The van der Waals surface area contributed by atoms with E-state index in [1.807, 2.05) is 20.8 Å². The van der Waals surface area contributed by atoms with Crippen molar-refractivity contribution < 1.29 is 9.90 Å². The SMILES string of the molecule is C=C[C@@](C)(C(=O)O)C(C)(C)C. The molecule has 0 heterocycles. The number of carboxylic acid groups (broad SMARTS) is 1. The topological polar surface area (TPSA) is 37.3 Å². The van der Waals surface area contributed by atoms with Crippen LogP contribution in [0.5, 0.6) is 0 Å². The Balaban J connectivity index is 4.91. The van der Waals surface area contributed by atoms with E-state index in [9.17, 15) is 4.79 Å². The molecule has 0 aliphatic heterocycles. The Kier molecular flexibility index (Phi) is 2.49. The minimum absolute atomic E-state index is 0.291. The molecule has 0 amide bonds. The van der Waals surface area contributed by atoms with Gasteiger partial charge in [0.05, 0.1) is 5.41 Å². The standard InChI is InChI=1S/C9H16O2/c1-6-9(5,7(10)11)8(2,3)4/h6H,1H2,2-5H3,(H,10,11)/t9-/m0/s1. The van der Waals surface area contributed by atoms with Crippen molar-refractivity contribution in [3.05, 3.63) is 12.7 Å². The summed E-state index contributed by atoms with van der Waals surface area (Å²) in [5.74, 6) is -0.819. The molecule has 0 aliphatic rings. The van der Waals surface area contributed by atoms with Gasteiger partial charge >= 0.3 is 5.97 Å². The highest BCUT2D eigenvalue weighted by Gasteiger charge is 2.41. The second kappa shape index (κ2) is 2.68. The first-order valence-corrected chi connectivity index (χ1v) is 3.62. The van der Waals surface area contributed by atoms with E-state index in [0.717, 1.165) is 0 Å². The van der Waals surface area contributed by atoms with Gasteiger partial charge in [-0.3, -0.25) is 4.79 Å². The zero-order valence-corrected chi connectivity index (χ0v) is 7.64. The quantitative estimate of drug-likeness (QED) is 0.623. The van der Waals surface area contributed by atoms with Crippen molar-refractivity contribution in [2.45, 2.75) is 27.7 Å². The first kappa shape index (κ1) is 10.2. The summed E-state index contributed by atoms with van der Waals surface area (Å²) in [6, 6.07) is 0. The van der Waals surface area contributed by atoms with Gasteiger partial charge in [-0.25, -0.2) is 0 Å². The molecule has 0 rings (SSSR count). The summed E-state index contributed by atoms with van der Waals surface area (Å²) in [6.45, 7) is 10.9. The highest BCUT2D eigenvalue weighted by atomic mass is 16.4. The molecule has 0 saturated carbocycles. The molecule has 0 aromatic heterocycles. The maximum Gasteiger partial charge on any atom is 0.313 e. The Bertz CT molecular complexity index is 176. The molecule has 0 unspecified atom stereocenters. The zero-order valence-electron chi connectivity index (χ0n) is 7.64. The number of aliphatic carboxylic acids is 1. The van der Waals surface area contributed by atoms with Crippen molar-refractivity contribution in [1.82, 2.24) is 0 Å². The van der Waals surface area contributed by atoms with Gasteiger partial charge in [0.2, 0.25) is 0 Å². The summed E-state index contributed by atoms with van der Waals surface area (Å²) in [4.78, 5) is 10.8. The van der Waals surface area contributed by atoms with Crippen molar-refractivity contribution in [3.63, 3.8) is 0 Å². The molecule has 2 nitrogen and oxygen atoms in total. The third-order valence-electron chi connectivity index (χ3n) is 2.41. The maximum absolute atomic E-state index is 10.8. The van der Waals surface area contributed by atoms with Gasteiger partial charge in [0.15, 0.2) is 0 Å². The first-order valence-electron chi connectivity index (χ1n) is 3.62. The predicted octanol–water partition coefficient (Wildman–Crippen LogP) is 2.31. The molecule has 0 spiro atoms. The highest BCUT2D eigenvalue weighted by Crippen LogP contribution is 2.39. The van der Waals surface area contributed by atoms with E-state index < -0.39 is 11.4 Å². The van der Waals surface area contributed by atoms with E-state index in [1.54, 1.807) is 6.92 Å². The third kappa shape index (κ3) is 1.62. The first-order chi connectivity index (χ1) is 4.75. The van der Waals surface area contributed by atoms with Gasteiger partial charge in [0.25, 0.3) is 0 Å². The van der Waals surface area contributed by atoms with Gasteiger partial charge in [-0.15, -0.1) is 6.58 Å². The summed E-state index contributed by atoms with van der Waals surface area (Å²) < 4.78 is 0. The van der Waals surface area contributed by atoms with E-state index in [2.05, 4.69) is 6.58 Å². The number of hydrogen-bond donors (Lipinski definition) is 1. The molecule has 11 heavy (non-hydrogen) atoms. The van der Waals surface area contributed by atoms with Crippen molar-refractivity contribution in [2.24, 2.45) is 10.8 Å². The lowest BCUT2D eigenvalue weighted by Gasteiger charge is -2.35. The van der Waals surface area contributed by atoms with Crippen LogP contribution in [0.1, 0.15) is 27.7 Å². The maximum atomic E-state index is 10.8. The summed E-state index contributed by atoms with van der Waals surface area (Å²) in [5.41, 5.74) is -1.13. The van der Waals surface area contributed by atoms with Crippen LogP contribution in [0.4, 0.5) is 0 Å². The zero-order chi connectivity index (χ0) is 9.28. The lowest BCUT2D eigenvalue weighted by Crippen LogP contribution is -2.38. The fourth-order valence-corrected chi connectivity index (χ4v) is 0.714. The van der Waals surface area contributed by atoms with Gasteiger partial charge in [0, 0.05) is 0 Å². The third-order valence-corrected chi connectivity index (χ3v) is 2.41. The molecule has 64 valence electrons. The van der Waals surface area contributed by atoms with Crippen molar-refractivity contribution in [1.29, 1.82) is 0 Å². The van der Waals surface area contributed by atoms with Crippen LogP contribution in [-0.2, 0) is 4.79 Å². The molecule has 1 atom stereocenters. The Morgan fingerprint density at radius 1 is 1.36 bits per heavy atom. The molecule has 2 heteroatoms. The monoisotopic (exact) mass is 156 g/mol. The Hall–Kier alpha value is -0.790. The lowest BCUT2D eigenvalue weighted by atomic mass is 9.68. The van der Waals surface area contributed by atoms with Gasteiger partial charge in [-0.05, 0) is 12.3 Å². The van der Waals surface area contributed by atoms with Crippen molar-refractivity contribution >= 4 is 5.97 Å². The van der Waals surface area contributed by atoms with E-state index in [1.165, 1.54) is 6.08 Å². The molecule has 0 aromatic rings. The molecule has 0 aliphatic carbocycles. The minimum atomic E-state index is -0.840. The van der Waals surface area contributed by atoms with Crippen LogP contribution >= 0.6 is 0 Å². The molecular formula is C9H16O2. The smallest absolute Gasteiger partial charge is 0.313 e.